The van der Waals surface area contributed by atoms with Crippen LogP contribution in [0, 0.1) is 11.3 Å². The average molecular weight is 258 g/mol. The van der Waals surface area contributed by atoms with Crippen LogP contribution in [-0.2, 0) is 0 Å². The molecule has 1 aliphatic rings. The van der Waals surface area contributed by atoms with Gasteiger partial charge in [0.2, 0.25) is 0 Å². The molecule has 4 heteroatoms. The fourth-order valence-electron chi connectivity index (χ4n) is 2.74. The Bertz CT molecular complexity index is 465. The molecule has 2 unspecified atom stereocenters. The molecule has 4 nitrogen and oxygen atoms in total. The zero-order chi connectivity index (χ0) is 13.8. The van der Waals surface area contributed by atoms with Gasteiger partial charge in [0, 0.05) is 30.9 Å². The third-order valence-electron chi connectivity index (χ3n) is 4.03. The molecule has 1 aromatic carbocycles. The standard InChI is InChI=1S/C15H22N4/c1-12-10-19(11-15(6-7-16)18(12)2)14-5-3-4-13(8-14)9-17/h3-5,8,12,15H,6-7,10-11,16H2,1-2H3. The molecule has 2 rings (SSSR count). The molecule has 19 heavy (non-hydrogen) atoms. The van der Waals surface area contributed by atoms with E-state index < -0.39 is 0 Å². The molecule has 0 spiro atoms. The highest BCUT2D eigenvalue weighted by molar-refractivity contribution is 5.52. The molecule has 0 aliphatic carbocycles. The van der Waals surface area contributed by atoms with Gasteiger partial charge in [-0.2, -0.15) is 5.26 Å². The number of rotatable bonds is 3. The number of piperazine rings is 1. The largest absolute Gasteiger partial charge is 0.368 e. The lowest BCUT2D eigenvalue weighted by molar-refractivity contribution is 0.152. The summed E-state index contributed by atoms with van der Waals surface area (Å²) in [6, 6.07) is 11.0. The summed E-state index contributed by atoms with van der Waals surface area (Å²) in [6.45, 7) is 4.93. The van der Waals surface area contributed by atoms with Gasteiger partial charge in [-0.25, -0.2) is 0 Å². The molecule has 0 aromatic heterocycles. The molecule has 1 heterocycles. The van der Waals surface area contributed by atoms with E-state index in [1.54, 1.807) is 0 Å². The summed E-state index contributed by atoms with van der Waals surface area (Å²) in [7, 11) is 2.17. The van der Waals surface area contributed by atoms with Crippen LogP contribution in [0.25, 0.3) is 0 Å². The highest BCUT2D eigenvalue weighted by atomic mass is 15.3. The minimum absolute atomic E-state index is 0.486. The summed E-state index contributed by atoms with van der Waals surface area (Å²) in [5.74, 6) is 0. The van der Waals surface area contributed by atoms with Gasteiger partial charge in [-0.05, 0) is 45.1 Å². The van der Waals surface area contributed by atoms with Crippen LogP contribution in [0.4, 0.5) is 5.69 Å². The van der Waals surface area contributed by atoms with Crippen LogP contribution in [0.5, 0.6) is 0 Å². The fraction of sp³-hybridized carbons (Fsp3) is 0.533. The van der Waals surface area contributed by atoms with E-state index in [-0.39, 0.29) is 0 Å². The first-order valence-corrected chi connectivity index (χ1v) is 6.82. The zero-order valence-electron chi connectivity index (χ0n) is 11.7. The van der Waals surface area contributed by atoms with Crippen molar-refractivity contribution in [2.45, 2.75) is 25.4 Å². The molecule has 1 aliphatic heterocycles. The predicted molar refractivity (Wildman–Crippen MR) is 78.1 cm³/mol. The average Bonchev–Trinajstić information content (AvgIpc) is 2.44. The first kappa shape index (κ1) is 13.9. The summed E-state index contributed by atoms with van der Waals surface area (Å²) in [4.78, 5) is 4.78. The van der Waals surface area contributed by atoms with Crippen LogP contribution in [0.2, 0.25) is 0 Å². The van der Waals surface area contributed by atoms with Crippen molar-refractivity contribution in [2.75, 3.05) is 31.6 Å². The Morgan fingerprint density at radius 3 is 2.89 bits per heavy atom. The van der Waals surface area contributed by atoms with E-state index in [2.05, 4.69) is 35.9 Å². The van der Waals surface area contributed by atoms with E-state index in [1.165, 1.54) is 0 Å². The van der Waals surface area contributed by atoms with Crippen molar-refractivity contribution in [1.82, 2.24) is 4.90 Å². The van der Waals surface area contributed by atoms with Gasteiger partial charge in [0.15, 0.2) is 0 Å². The van der Waals surface area contributed by atoms with Crippen LogP contribution < -0.4 is 10.6 Å². The Labute approximate surface area is 115 Å². The van der Waals surface area contributed by atoms with E-state index in [0.717, 1.165) is 30.8 Å². The minimum atomic E-state index is 0.486. The molecule has 102 valence electrons. The highest BCUT2D eigenvalue weighted by Crippen LogP contribution is 2.23. The number of hydrogen-bond acceptors (Lipinski definition) is 4. The molecule has 0 amide bonds. The summed E-state index contributed by atoms with van der Waals surface area (Å²) in [5.41, 5.74) is 7.57. The van der Waals surface area contributed by atoms with E-state index in [9.17, 15) is 0 Å². The van der Waals surface area contributed by atoms with Gasteiger partial charge in [0.25, 0.3) is 0 Å². The van der Waals surface area contributed by atoms with Crippen LogP contribution in [-0.4, -0.2) is 43.7 Å². The topological polar surface area (TPSA) is 56.3 Å². The van der Waals surface area contributed by atoms with Crippen LogP contribution in [0.15, 0.2) is 24.3 Å². The van der Waals surface area contributed by atoms with E-state index in [0.29, 0.717) is 18.6 Å². The third kappa shape index (κ3) is 3.06. The Kier molecular flexibility index (Phi) is 4.41. The van der Waals surface area contributed by atoms with Crippen molar-refractivity contribution in [3.05, 3.63) is 29.8 Å². The monoisotopic (exact) mass is 258 g/mol. The van der Waals surface area contributed by atoms with Crippen molar-refractivity contribution in [3.63, 3.8) is 0 Å². The summed E-state index contributed by atoms with van der Waals surface area (Å²) in [5, 5.41) is 9.00. The van der Waals surface area contributed by atoms with Gasteiger partial charge in [0.1, 0.15) is 0 Å². The second-order valence-electron chi connectivity index (χ2n) is 5.31. The predicted octanol–water partition coefficient (Wildman–Crippen LogP) is 1.42. The molecule has 0 saturated carbocycles. The second-order valence-corrected chi connectivity index (χ2v) is 5.31. The van der Waals surface area contributed by atoms with Crippen LogP contribution >= 0.6 is 0 Å². The van der Waals surface area contributed by atoms with Crippen molar-refractivity contribution in [1.29, 1.82) is 5.26 Å². The van der Waals surface area contributed by atoms with Gasteiger partial charge >= 0.3 is 0 Å². The number of anilines is 1. The number of nitrogens with zero attached hydrogens (tertiary/aromatic N) is 3. The maximum atomic E-state index is 9.00. The van der Waals surface area contributed by atoms with Crippen molar-refractivity contribution < 1.29 is 0 Å². The maximum Gasteiger partial charge on any atom is 0.0992 e. The Morgan fingerprint density at radius 2 is 2.21 bits per heavy atom. The molecule has 2 atom stereocenters. The molecule has 1 saturated heterocycles. The number of likely N-dealkylation sites (N-methyl/N-ethyl adjacent to an activating group) is 1. The lowest BCUT2D eigenvalue weighted by atomic mass is 10.0. The maximum absolute atomic E-state index is 9.00. The number of benzene rings is 1. The second kappa shape index (κ2) is 6.05. The highest BCUT2D eigenvalue weighted by Gasteiger charge is 2.28. The SMILES string of the molecule is CC1CN(c2cccc(C#N)c2)CC(CCN)N1C. The van der Waals surface area contributed by atoms with Gasteiger partial charge in [-0.3, -0.25) is 4.90 Å². The molecule has 2 N–H and O–H groups in total. The fourth-order valence-corrected chi connectivity index (χ4v) is 2.74. The van der Waals surface area contributed by atoms with Gasteiger partial charge in [-0.15, -0.1) is 0 Å². The minimum Gasteiger partial charge on any atom is -0.368 e. The normalized spacial score (nSPS) is 24.2. The summed E-state index contributed by atoms with van der Waals surface area (Å²) in [6.07, 6.45) is 1.01. The first-order valence-electron chi connectivity index (χ1n) is 6.82. The van der Waals surface area contributed by atoms with E-state index in [1.807, 2.05) is 18.2 Å². The third-order valence-corrected chi connectivity index (χ3v) is 4.03. The molecule has 0 radical (unpaired) electrons. The van der Waals surface area contributed by atoms with Gasteiger partial charge in [0.05, 0.1) is 11.6 Å². The van der Waals surface area contributed by atoms with Crippen molar-refractivity contribution in [2.24, 2.45) is 5.73 Å². The Balaban J connectivity index is 2.18. The first-order chi connectivity index (χ1) is 9.15. The quantitative estimate of drug-likeness (QED) is 0.891. The van der Waals surface area contributed by atoms with E-state index in [4.69, 9.17) is 11.0 Å². The summed E-state index contributed by atoms with van der Waals surface area (Å²) >= 11 is 0. The Morgan fingerprint density at radius 1 is 1.42 bits per heavy atom. The summed E-state index contributed by atoms with van der Waals surface area (Å²) < 4.78 is 0. The molecule has 1 aromatic rings. The van der Waals surface area contributed by atoms with Crippen LogP contribution in [0.1, 0.15) is 18.9 Å². The lowest BCUT2D eigenvalue weighted by Crippen LogP contribution is -2.56. The lowest BCUT2D eigenvalue weighted by Gasteiger charge is -2.45. The molecule has 0 bridgehead atoms. The molecular formula is C15H22N4. The Hall–Kier alpha value is -1.57. The number of nitrogens with two attached hydrogens (primary N) is 1. The van der Waals surface area contributed by atoms with Crippen molar-refractivity contribution >= 4 is 5.69 Å². The van der Waals surface area contributed by atoms with E-state index >= 15 is 0 Å². The van der Waals surface area contributed by atoms with Crippen LogP contribution in [0.3, 0.4) is 0 Å². The van der Waals surface area contributed by atoms with Gasteiger partial charge < -0.3 is 10.6 Å². The molecule has 1 fully saturated rings. The number of hydrogen-bond donors (Lipinski definition) is 1. The number of nitriles is 1. The molecular weight excluding hydrogens is 236 g/mol. The zero-order valence-corrected chi connectivity index (χ0v) is 11.7. The van der Waals surface area contributed by atoms with Crippen molar-refractivity contribution in [3.8, 4) is 6.07 Å². The smallest absolute Gasteiger partial charge is 0.0992 e. The van der Waals surface area contributed by atoms with Gasteiger partial charge in [-0.1, -0.05) is 6.07 Å².